The van der Waals surface area contributed by atoms with Crippen LogP contribution in [-0.4, -0.2) is 51.6 Å². The summed E-state index contributed by atoms with van der Waals surface area (Å²) in [6.45, 7) is 2.44. The first-order valence-corrected chi connectivity index (χ1v) is 9.07. The molecule has 0 saturated heterocycles. The molecule has 27 heavy (non-hydrogen) atoms. The van der Waals surface area contributed by atoms with Crippen molar-refractivity contribution in [3.8, 4) is 5.75 Å². The molecule has 0 saturated carbocycles. The molecule has 0 aliphatic carbocycles. The summed E-state index contributed by atoms with van der Waals surface area (Å²) < 4.78 is 10.5. The van der Waals surface area contributed by atoms with Gasteiger partial charge in [-0.05, 0) is 23.3 Å². The molecule has 0 aromatic heterocycles. The first kappa shape index (κ1) is 20.7. The Morgan fingerprint density at radius 3 is 2.41 bits per heavy atom. The molecule has 2 aromatic rings. The summed E-state index contributed by atoms with van der Waals surface area (Å²) in [5.41, 5.74) is 2.23. The van der Waals surface area contributed by atoms with Gasteiger partial charge in [0.1, 0.15) is 12.4 Å². The molecule has 1 unspecified atom stereocenters. The van der Waals surface area contributed by atoms with Gasteiger partial charge in [0.25, 0.3) is 0 Å². The molecule has 0 bridgehead atoms. The fraction of sp³-hybridized carbons (Fsp3) is 0.381. The maximum Gasteiger partial charge on any atom is 0.191 e. The molecule has 6 heteroatoms. The van der Waals surface area contributed by atoms with Crippen LogP contribution in [0, 0.1) is 0 Å². The largest absolute Gasteiger partial charge is 0.491 e. The Morgan fingerprint density at radius 1 is 1.04 bits per heavy atom. The molecule has 2 rings (SSSR count). The van der Waals surface area contributed by atoms with Crippen molar-refractivity contribution in [1.82, 2.24) is 10.6 Å². The van der Waals surface area contributed by atoms with Crippen molar-refractivity contribution in [2.45, 2.75) is 12.5 Å². The number of benzene rings is 2. The van der Waals surface area contributed by atoms with Crippen LogP contribution in [0.5, 0.6) is 5.75 Å². The Hall–Kier alpha value is -2.57. The van der Waals surface area contributed by atoms with Crippen LogP contribution in [0.1, 0.15) is 17.0 Å². The van der Waals surface area contributed by atoms with Gasteiger partial charge in [-0.1, -0.05) is 42.5 Å². The first-order valence-electron chi connectivity index (χ1n) is 9.07. The highest BCUT2D eigenvalue weighted by atomic mass is 16.5. The minimum Gasteiger partial charge on any atom is -0.491 e. The lowest BCUT2D eigenvalue weighted by molar-refractivity contribution is 0.146. The number of nitrogens with zero attached hydrogens (tertiary/aromatic N) is 1. The zero-order valence-corrected chi connectivity index (χ0v) is 16.0. The molecule has 0 aliphatic rings. The molecule has 3 N–H and O–H groups in total. The predicted molar refractivity (Wildman–Crippen MR) is 108 cm³/mol. The van der Waals surface area contributed by atoms with Gasteiger partial charge in [-0.2, -0.15) is 0 Å². The van der Waals surface area contributed by atoms with E-state index in [1.165, 1.54) is 0 Å². The molecular formula is C21H29N3O3. The first-order chi connectivity index (χ1) is 13.3. The number of nitrogens with one attached hydrogen (secondary N) is 2. The number of aliphatic hydroxyl groups is 1. The molecule has 0 amide bonds. The second kappa shape index (κ2) is 11.9. The summed E-state index contributed by atoms with van der Waals surface area (Å²) in [5, 5.41) is 16.2. The van der Waals surface area contributed by atoms with Gasteiger partial charge in [0.05, 0.1) is 13.2 Å². The monoisotopic (exact) mass is 371 g/mol. The highest BCUT2D eigenvalue weighted by molar-refractivity contribution is 5.79. The Kier molecular flexibility index (Phi) is 9.17. The Labute approximate surface area is 161 Å². The van der Waals surface area contributed by atoms with Crippen molar-refractivity contribution < 1.29 is 14.6 Å². The van der Waals surface area contributed by atoms with Gasteiger partial charge in [0.2, 0.25) is 0 Å². The van der Waals surface area contributed by atoms with Crippen LogP contribution in [0.4, 0.5) is 0 Å². The Balaban J connectivity index is 1.79. The highest BCUT2D eigenvalue weighted by Gasteiger charge is 2.10. The molecule has 0 heterocycles. The lowest BCUT2D eigenvalue weighted by Gasteiger charge is -2.18. The summed E-state index contributed by atoms with van der Waals surface area (Å²) in [6.07, 6.45) is 0. The Morgan fingerprint density at radius 2 is 1.78 bits per heavy atom. The predicted octanol–water partition coefficient (Wildman–Crippen LogP) is 2.15. The van der Waals surface area contributed by atoms with Gasteiger partial charge in [-0.15, -0.1) is 0 Å². The third-order valence-electron chi connectivity index (χ3n) is 4.17. The van der Waals surface area contributed by atoms with Gasteiger partial charge in [0.15, 0.2) is 5.96 Å². The number of rotatable bonds is 10. The van der Waals surface area contributed by atoms with Crippen LogP contribution < -0.4 is 15.4 Å². The molecule has 0 fully saturated rings. The molecule has 1 atom stereocenters. The van der Waals surface area contributed by atoms with Crippen molar-refractivity contribution >= 4 is 5.96 Å². The van der Waals surface area contributed by atoms with Crippen molar-refractivity contribution in [2.24, 2.45) is 4.99 Å². The molecule has 2 aromatic carbocycles. The van der Waals surface area contributed by atoms with Gasteiger partial charge in [-0.25, -0.2) is 0 Å². The van der Waals surface area contributed by atoms with E-state index in [-0.39, 0.29) is 12.5 Å². The van der Waals surface area contributed by atoms with Crippen LogP contribution >= 0.6 is 0 Å². The third kappa shape index (κ3) is 7.29. The number of guanidine groups is 1. The van der Waals surface area contributed by atoms with Gasteiger partial charge in [-0.3, -0.25) is 4.99 Å². The molecular weight excluding hydrogens is 342 g/mol. The minimum atomic E-state index is 0.0216. The van der Waals surface area contributed by atoms with E-state index in [1.54, 1.807) is 14.2 Å². The quantitative estimate of drug-likeness (QED) is 0.339. The zero-order valence-electron chi connectivity index (χ0n) is 16.0. The van der Waals surface area contributed by atoms with Gasteiger partial charge < -0.3 is 25.2 Å². The normalized spacial score (nSPS) is 12.5. The summed E-state index contributed by atoms with van der Waals surface area (Å²) in [7, 11) is 3.39. The fourth-order valence-electron chi connectivity index (χ4n) is 2.59. The van der Waals surface area contributed by atoms with Gasteiger partial charge in [0, 0.05) is 33.2 Å². The van der Waals surface area contributed by atoms with Crippen LogP contribution in [-0.2, 0) is 11.3 Å². The number of aliphatic imine (C=N–C) groups is 1. The van der Waals surface area contributed by atoms with E-state index >= 15 is 0 Å². The summed E-state index contributed by atoms with van der Waals surface area (Å²) >= 11 is 0. The SMILES string of the molecule is CN=C(NCc1ccc(OCCOC)cc1)NCC(CO)c1ccccc1. The van der Waals surface area contributed by atoms with E-state index in [9.17, 15) is 5.11 Å². The number of ether oxygens (including phenoxy) is 2. The third-order valence-corrected chi connectivity index (χ3v) is 4.17. The van der Waals surface area contributed by atoms with Crippen molar-refractivity contribution in [1.29, 1.82) is 0 Å². The number of aliphatic hydroxyl groups excluding tert-OH is 1. The van der Waals surface area contributed by atoms with Crippen LogP contribution in [0.3, 0.4) is 0 Å². The van der Waals surface area contributed by atoms with E-state index in [0.717, 1.165) is 16.9 Å². The Bertz CT molecular complexity index is 675. The standard InChI is InChI=1S/C21H29N3O3/c1-22-21(24-15-19(16-25)18-6-4-3-5-7-18)23-14-17-8-10-20(11-9-17)27-13-12-26-2/h3-11,19,25H,12-16H2,1-2H3,(H2,22,23,24). The summed E-state index contributed by atoms with van der Waals surface area (Å²) in [5.74, 6) is 1.55. The maximum absolute atomic E-state index is 9.66. The zero-order chi connectivity index (χ0) is 19.3. The smallest absolute Gasteiger partial charge is 0.191 e. The van der Waals surface area contributed by atoms with Crippen LogP contribution in [0.15, 0.2) is 59.6 Å². The lowest BCUT2D eigenvalue weighted by Crippen LogP contribution is -2.39. The summed E-state index contributed by atoms with van der Waals surface area (Å²) in [6, 6.07) is 17.9. The lowest BCUT2D eigenvalue weighted by atomic mass is 10.0. The van der Waals surface area contributed by atoms with E-state index in [4.69, 9.17) is 9.47 Å². The second-order valence-electron chi connectivity index (χ2n) is 6.08. The van der Waals surface area contributed by atoms with Crippen LogP contribution in [0.25, 0.3) is 0 Å². The van der Waals surface area contributed by atoms with E-state index < -0.39 is 0 Å². The van der Waals surface area contributed by atoms with Crippen molar-refractivity contribution in [3.05, 3.63) is 65.7 Å². The number of hydrogen-bond donors (Lipinski definition) is 3. The van der Waals surface area contributed by atoms with Crippen molar-refractivity contribution in [3.63, 3.8) is 0 Å². The van der Waals surface area contributed by atoms with E-state index in [1.807, 2.05) is 54.6 Å². The van der Waals surface area contributed by atoms with Crippen molar-refractivity contribution in [2.75, 3.05) is 40.5 Å². The van der Waals surface area contributed by atoms with Crippen LogP contribution in [0.2, 0.25) is 0 Å². The average Bonchev–Trinajstić information content (AvgIpc) is 2.72. The second-order valence-corrected chi connectivity index (χ2v) is 6.08. The highest BCUT2D eigenvalue weighted by Crippen LogP contribution is 2.14. The molecule has 0 aliphatic heterocycles. The van der Waals surface area contributed by atoms with E-state index in [0.29, 0.717) is 32.3 Å². The molecule has 0 spiro atoms. The van der Waals surface area contributed by atoms with Gasteiger partial charge >= 0.3 is 0 Å². The van der Waals surface area contributed by atoms with E-state index in [2.05, 4.69) is 15.6 Å². The minimum absolute atomic E-state index is 0.0216. The number of methoxy groups -OCH3 is 1. The molecule has 146 valence electrons. The number of hydrogen-bond acceptors (Lipinski definition) is 4. The molecule has 0 radical (unpaired) electrons. The maximum atomic E-state index is 9.66. The summed E-state index contributed by atoms with van der Waals surface area (Å²) in [4.78, 5) is 4.24. The topological polar surface area (TPSA) is 75.1 Å². The fourth-order valence-corrected chi connectivity index (χ4v) is 2.59. The average molecular weight is 371 g/mol. The molecule has 6 nitrogen and oxygen atoms in total.